The van der Waals surface area contributed by atoms with E-state index in [2.05, 4.69) is 5.32 Å². The van der Waals surface area contributed by atoms with Gasteiger partial charge in [-0.3, -0.25) is 4.79 Å². The molecule has 3 atom stereocenters. The molecule has 21 heavy (non-hydrogen) atoms. The van der Waals surface area contributed by atoms with Crippen molar-refractivity contribution in [1.82, 2.24) is 5.32 Å². The lowest BCUT2D eigenvalue weighted by atomic mass is 10.0. The standard InChI is InChI=1S/C15H19NO4S/c17-13-8-11-3-1-2-4-12(11)15(13)16-14(18)7-10-5-6-21(19,20)9-10/h1-4,10,13,15,17H,5-9H2,(H,16,18). The Labute approximate surface area is 124 Å². The van der Waals surface area contributed by atoms with Gasteiger partial charge in [0.2, 0.25) is 5.91 Å². The van der Waals surface area contributed by atoms with E-state index in [0.29, 0.717) is 12.8 Å². The van der Waals surface area contributed by atoms with Crippen LogP contribution < -0.4 is 5.32 Å². The first-order valence-corrected chi connectivity index (χ1v) is 9.02. The van der Waals surface area contributed by atoms with Crippen LogP contribution in [0.5, 0.6) is 0 Å². The van der Waals surface area contributed by atoms with Gasteiger partial charge in [-0.15, -0.1) is 0 Å². The third-order valence-electron chi connectivity index (χ3n) is 4.32. The first-order valence-electron chi connectivity index (χ1n) is 7.20. The zero-order valence-electron chi connectivity index (χ0n) is 11.7. The summed E-state index contributed by atoms with van der Waals surface area (Å²) in [5.74, 6) is 0.00555. The van der Waals surface area contributed by atoms with Gasteiger partial charge in [-0.2, -0.15) is 0 Å². The normalized spacial score (nSPS) is 30.0. The Morgan fingerprint density at radius 1 is 1.33 bits per heavy atom. The summed E-state index contributed by atoms with van der Waals surface area (Å²) in [4.78, 5) is 12.1. The molecular formula is C15H19NO4S. The SMILES string of the molecule is O=C(CC1CCS(=O)(=O)C1)NC1c2ccccc2CC1O. The van der Waals surface area contributed by atoms with Crippen molar-refractivity contribution in [3.05, 3.63) is 35.4 Å². The molecule has 6 heteroatoms. The molecule has 0 spiro atoms. The van der Waals surface area contributed by atoms with Crippen molar-refractivity contribution < 1.29 is 18.3 Å². The molecule has 2 aliphatic rings. The molecule has 1 aromatic rings. The molecule has 3 unspecified atom stereocenters. The van der Waals surface area contributed by atoms with Crippen LogP contribution >= 0.6 is 0 Å². The van der Waals surface area contributed by atoms with Crippen molar-refractivity contribution in [3.8, 4) is 0 Å². The molecule has 1 heterocycles. The number of rotatable bonds is 3. The van der Waals surface area contributed by atoms with Crippen LogP contribution in [0.3, 0.4) is 0 Å². The van der Waals surface area contributed by atoms with Gasteiger partial charge in [0.15, 0.2) is 9.84 Å². The lowest BCUT2D eigenvalue weighted by Gasteiger charge is -2.19. The quantitative estimate of drug-likeness (QED) is 0.856. The Kier molecular flexibility index (Phi) is 3.75. The van der Waals surface area contributed by atoms with E-state index in [-0.39, 0.29) is 35.8 Å². The maximum Gasteiger partial charge on any atom is 0.220 e. The minimum atomic E-state index is -2.96. The Balaban J connectivity index is 1.63. The molecule has 0 saturated carbocycles. The van der Waals surface area contributed by atoms with Gasteiger partial charge < -0.3 is 10.4 Å². The molecule has 0 radical (unpaired) electrons. The maximum absolute atomic E-state index is 12.1. The Bertz CT molecular complexity index is 655. The highest BCUT2D eigenvalue weighted by atomic mass is 32.2. The number of carbonyl (C=O) groups is 1. The second-order valence-electron chi connectivity index (χ2n) is 5.99. The van der Waals surface area contributed by atoms with Crippen molar-refractivity contribution in [1.29, 1.82) is 0 Å². The van der Waals surface area contributed by atoms with Gasteiger partial charge >= 0.3 is 0 Å². The minimum Gasteiger partial charge on any atom is -0.390 e. The molecule has 1 aliphatic heterocycles. The zero-order valence-corrected chi connectivity index (χ0v) is 12.5. The third kappa shape index (κ3) is 3.11. The van der Waals surface area contributed by atoms with Gasteiger partial charge in [0.1, 0.15) is 0 Å². The molecule has 114 valence electrons. The summed E-state index contributed by atoms with van der Waals surface area (Å²) < 4.78 is 22.8. The number of sulfone groups is 1. The van der Waals surface area contributed by atoms with Crippen molar-refractivity contribution in [2.75, 3.05) is 11.5 Å². The summed E-state index contributed by atoms with van der Waals surface area (Å²) in [5.41, 5.74) is 2.01. The van der Waals surface area contributed by atoms with E-state index in [1.165, 1.54) is 0 Å². The summed E-state index contributed by atoms with van der Waals surface area (Å²) in [5, 5.41) is 12.9. The average Bonchev–Trinajstić information content (AvgIpc) is 2.90. The summed E-state index contributed by atoms with van der Waals surface area (Å²) in [6, 6.07) is 7.29. The molecule has 2 N–H and O–H groups in total. The predicted molar refractivity (Wildman–Crippen MR) is 78.4 cm³/mol. The van der Waals surface area contributed by atoms with Gasteiger partial charge in [-0.05, 0) is 23.5 Å². The molecular weight excluding hydrogens is 290 g/mol. The van der Waals surface area contributed by atoms with Crippen molar-refractivity contribution in [3.63, 3.8) is 0 Å². The number of aliphatic hydroxyl groups excluding tert-OH is 1. The highest BCUT2D eigenvalue weighted by Crippen LogP contribution is 2.31. The maximum atomic E-state index is 12.1. The molecule has 1 saturated heterocycles. The number of fused-ring (bicyclic) bond motifs is 1. The second-order valence-corrected chi connectivity index (χ2v) is 8.22. The summed E-state index contributed by atoms with van der Waals surface area (Å²) in [6.07, 6.45) is 0.696. The predicted octanol–water partition coefficient (Wildman–Crippen LogP) is 0.586. The van der Waals surface area contributed by atoms with Gasteiger partial charge in [0, 0.05) is 12.8 Å². The summed E-state index contributed by atoms with van der Waals surface area (Å²) in [7, 11) is -2.96. The molecule has 0 aromatic heterocycles. The van der Waals surface area contributed by atoms with Gasteiger partial charge in [0.05, 0.1) is 23.7 Å². The Hall–Kier alpha value is -1.40. The van der Waals surface area contributed by atoms with Crippen LogP contribution in [0.1, 0.15) is 30.0 Å². The van der Waals surface area contributed by atoms with Crippen LogP contribution in [0.4, 0.5) is 0 Å². The topological polar surface area (TPSA) is 83.5 Å². The van der Waals surface area contributed by atoms with E-state index in [0.717, 1.165) is 11.1 Å². The van der Waals surface area contributed by atoms with Crippen LogP contribution in [0, 0.1) is 5.92 Å². The van der Waals surface area contributed by atoms with Crippen LogP contribution in [0.15, 0.2) is 24.3 Å². The molecule has 1 aromatic carbocycles. The second kappa shape index (κ2) is 5.42. The van der Waals surface area contributed by atoms with E-state index in [4.69, 9.17) is 0 Å². The fourth-order valence-electron chi connectivity index (χ4n) is 3.28. The number of hydrogen-bond donors (Lipinski definition) is 2. The molecule has 0 bridgehead atoms. The Morgan fingerprint density at radius 2 is 2.10 bits per heavy atom. The monoisotopic (exact) mass is 309 g/mol. The van der Waals surface area contributed by atoms with Crippen molar-refractivity contribution in [2.45, 2.75) is 31.4 Å². The van der Waals surface area contributed by atoms with Crippen LogP contribution in [-0.4, -0.2) is 37.0 Å². The minimum absolute atomic E-state index is 0.0937. The van der Waals surface area contributed by atoms with E-state index >= 15 is 0 Å². The van der Waals surface area contributed by atoms with Gasteiger partial charge in [0.25, 0.3) is 0 Å². The highest BCUT2D eigenvalue weighted by molar-refractivity contribution is 7.91. The van der Waals surface area contributed by atoms with Crippen LogP contribution in [0.2, 0.25) is 0 Å². The van der Waals surface area contributed by atoms with E-state index in [9.17, 15) is 18.3 Å². The molecule has 5 nitrogen and oxygen atoms in total. The molecule has 1 aliphatic carbocycles. The smallest absolute Gasteiger partial charge is 0.220 e. The lowest BCUT2D eigenvalue weighted by Crippen LogP contribution is -2.34. The average molecular weight is 309 g/mol. The van der Waals surface area contributed by atoms with E-state index in [1.54, 1.807) is 0 Å². The van der Waals surface area contributed by atoms with E-state index in [1.807, 2.05) is 24.3 Å². The number of hydrogen-bond acceptors (Lipinski definition) is 4. The fraction of sp³-hybridized carbons (Fsp3) is 0.533. The van der Waals surface area contributed by atoms with E-state index < -0.39 is 15.9 Å². The number of benzene rings is 1. The number of carbonyl (C=O) groups excluding carboxylic acids is 1. The van der Waals surface area contributed by atoms with Crippen LogP contribution in [-0.2, 0) is 21.1 Å². The summed E-state index contributed by atoms with van der Waals surface area (Å²) >= 11 is 0. The Morgan fingerprint density at radius 3 is 2.81 bits per heavy atom. The number of nitrogens with one attached hydrogen (secondary N) is 1. The zero-order chi connectivity index (χ0) is 15.0. The number of amides is 1. The van der Waals surface area contributed by atoms with Crippen LogP contribution in [0.25, 0.3) is 0 Å². The van der Waals surface area contributed by atoms with Gasteiger partial charge in [-0.25, -0.2) is 8.42 Å². The largest absolute Gasteiger partial charge is 0.390 e. The van der Waals surface area contributed by atoms with Gasteiger partial charge in [-0.1, -0.05) is 24.3 Å². The highest BCUT2D eigenvalue weighted by Gasteiger charge is 2.34. The lowest BCUT2D eigenvalue weighted by molar-refractivity contribution is -0.123. The number of aliphatic hydroxyl groups is 1. The fourth-order valence-corrected chi connectivity index (χ4v) is 5.14. The molecule has 1 fully saturated rings. The van der Waals surface area contributed by atoms with Crippen molar-refractivity contribution in [2.24, 2.45) is 5.92 Å². The van der Waals surface area contributed by atoms with Crippen molar-refractivity contribution >= 4 is 15.7 Å². The third-order valence-corrected chi connectivity index (χ3v) is 6.16. The first-order chi connectivity index (χ1) is 9.94. The molecule has 1 amide bonds. The summed E-state index contributed by atoms with van der Waals surface area (Å²) in [6.45, 7) is 0. The first kappa shape index (κ1) is 14.5. The molecule has 3 rings (SSSR count).